The molecule has 2 N–H and O–H groups in total. The molecular formula is C13H19F3N4O. The lowest BCUT2D eigenvalue weighted by Gasteiger charge is -2.30. The Morgan fingerprint density at radius 3 is 2.71 bits per heavy atom. The number of rotatable bonds is 4. The maximum Gasteiger partial charge on any atom is 0.416 e. The van der Waals surface area contributed by atoms with Crippen LogP contribution in [-0.2, 0) is 10.9 Å². The van der Waals surface area contributed by atoms with E-state index >= 15 is 0 Å². The van der Waals surface area contributed by atoms with Gasteiger partial charge in [0.1, 0.15) is 11.6 Å². The largest absolute Gasteiger partial charge is 0.416 e. The van der Waals surface area contributed by atoms with Gasteiger partial charge in [-0.3, -0.25) is 0 Å². The number of morpholine rings is 1. The molecule has 1 saturated heterocycles. The molecule has 0 saturated carbocycles. The maximum absolute atomic E-state index is 12.8. The number of pyridine rings is 1. The molecule has 0 aliphatic carbocycles. The molecule has 1 fully saturated rings. The fourth-order valence-electron chi connectivity index (χ4n) is 2.12. The van der Waals surface area contributed by atoms with Crippen LogP contribution >= 0.6 is 0 Å². The Labute approximate surface area is 121 Å². The highest BCUT2D eigenvalue weighted by Gasteiger charge is 2.31. The second-order valence-electron chi connectivity index (χ2n) is 5.01. The van der Waals surface area contributed by atoms with Crippen LogP contribution in [0.3, 0.4) is 0 Å². The highest BCUT2D eigenvalue weighted by atomic mass is 19.4. The number of nitrogens with zero attached hydrogens (tertiary/aromatic N) is 2. The van der Waals surface area contributed by atoms with E-state index in [-0.39, 0.29) is 17.7 Å². The number of halogens is 3. The van der Waals surface area contributed by atoms with Gasteiger partial charge in [0.2, 0.25) is 0 Å². The summed E-state index contributed by atoms with van der Waals surface area (Å²) in [6.45, 7) is 2.65. The molecular weight excluding hydrogens is 285 g/mol. The van der Waals surface area contributed by atoms with Gasteiger partial charge in [-0.1, -0.05) is 0 Å². The summed E-state index contributed by atoms with van der Waals surface area (Å²) in [5.41, 5.74) is -0.731. The Balaban J connectivity index is 2.05. The number of alkyl halides is 3. The van der Waals surface area contributed by atoms with Gasteiger partial charge >= 0.3 is 6.18 Å². The normalized spacial score (nSPS) is 20.3. The van der Waals surface area contributed by atoms with Crippen LogP contribution in [0.25, 0.3) is 0 Å². The average Bonchev–Trinajstić information content (AvgIpc) is 2.44. The summed E-state index contributed by atoms with van der Waals surface area (Å²) in [6.07, 6.45) is -4.45. The quantitative estimate of drug-likeness (QED) is 0.889. The van der Waals surface area contributed by atoms with Crippen LogP contribution < -0.4 is 10.6 Å². The van der Waals surface area contributed by atoms with Gasteiger partial charge in [-0.2, -0.15) is 13.2 Å². The molecule has 1 aliphatic heterocycles. The van der Waals surface area contributed by atoms with E-state index < -0.39 is 11.7 Å². The van der Waals surface area contributed by atoms with Crippen molar-refractivity contribution >= 4 is 11.6 Å². The molecule has 1 aromatic heterocycles. The molecule has 2 rings (SSSR count). The molecule has 5 nitrogen and oxygen atoms in total. The van der Waals surface area contributed by atoms with Crippen LogP contribution in [0.2, 0.25) is 0 Å². The van der Waals surface area contributed by atoms with Crippen molar-refractivity contribution in [2.24, 2.45) is 0 Å². The molecule has 8 heteroatoms. The molecule has 0 bridgehead atoms. The van der Waals surface area contributed by atoms with Crippen LogP contribution in [-0.4, -0.2) is 56.3 Å². The number of likely N-dealkylation sites (N-methyl/N-ethyl adjacent to an activating group) is 1. The summed E-state index contributed by atoms with van der Waals surface area (Å²) >= 11 is 0. The van der Waals surface area contributed by atoms with Gasteiger partial charge in [-0.25, -0.2) is 4.98 Å². The zero-order valence-corrected chi connectivity index (χ0v) is 12.0. The van der Waals surface area contributed by atoms with E-state index in [0.717, 1.165) is 25.2 Å². The zero-order valence-electron chi connectivity index (χ0n) is 12.0. The molecule has 0 spiro atoms. The predicted molar refractivity (Wildman–Crippen MR) is 74.5 cm³/mol. The van der Waals surface area contributed by atoms with Gasteiger partial charge in [-0.15, -0.1) is 0 Å². The molecule has 21 heavy (non-hydrogen) atoms. The molecule has 0 radical (unpaired) electrons. The van der Waals surface area contributed by atoms with Crippen LogP contribution in [0.15, 0.2) is 12.1 Å². The summed E-state index contributed by atoms with van der Waals surface area (Å²) in [4.78, 5) is 6.20. The standard InChI is InChI=1S/C13H19F3N4O/c1-17-11-5-9(13(14,15)16)6-12(19-11)18-7-10-8-20(2)3-4-21-10/h5-6,10H,3-4,7-8H2,1-2H3,(H2,17,18,19). The van der Waals surface area contributed by atoms with Crippen molar-refractivity contribution in [1.82, 2.24) is 9.88 Å². The number of aromatic nitrogens is 1. The van der Waals surface area contributed by atoms with Crippen molar-refractivity contribution in [2.45, 2.75) is 12.3 Å². The predicted octanol–water partition coefficient (Wildman–Crippen LogP) is 1.88. The maximum atomic E-state index is 12.8. The first-order chi connectivity index (χ1) is 9.88. The van der Waals surface area contributed by atoms with E-state index in [1.165, 1.54) is 7.05 Å². The third-order valence-electron chi connectivity index (χ3n) is 3.26. The third-order valence-corrected chi connectivity index (χ3v) is 3.26. The first kappa shape index (κ1) is 15.8. The zero-order chi connectivity index (χ0) is 15.5. The van der Waals surface area contributed by atoms with Gasteiger partial charge in [0.25, 0.3) is 0 Å². The molecule has 118 valence electrons. The molecule has 1 unspecified atom stereocenters. The molecule has 0 amide bonds. The molecule has 1 aromatic rings. The third kappa shape index (κ3) is 4.47. The van der Waals surface area contributed by atoms with Crippen molar-refractivity contribution < 1.29 is 17.9 Å². The number of hydrogen-bond donors (Lipinski definition) is 2. The van der Waals surface area contributed by atoms with Gasteiger partial charge in [0, 0.05) is 26.7 Å². The van der Waals surface area contributed by atoms with Gasteiger partial charge in [-0.05, 0) is 19.2 Å². The summed E-state index contributed by atoms with van der Waals surface area (Å²) in [6, 6.07) is 1.99. The lowest BCUT2D eigenvalue weighted by atomic mass is 10.2. The van der Waals surface area contributed by atoms with Crippen molar-refractivity contribution in [3.05, 3.63) is 17.7 Å². The Hall–Kier alpha value is -1.54. The first-order valence-electron chi connectivity index (χ1n) is 6.69. The summed E-state index contributed by atoms with van der Waals surface area (Å²) in [5.74, 6) is 0.361. The number of anilines is 2. The SMILES string of the molecule is CNc1cc(C(F)(F)F)cc(NCC2CN(C)CCO2)n1. The molecule has 0 aromatic carbocycles. The fourth-order valence-corrected chi connectivity index (χ4v) is 2.12. The number of nitrogens with one attached hydrogen (secondary N) is 2. The smallest absolute Gasteiger partial charge is 0.374 e. The first-order valence-corrected chi connectivity index (χ1v) is 6.69. The topological polar surface area (TPSA) is 49.4 Å². The summed E-state index contributed by atoms with van der Waals surface area (Å²) in [5, 5.41) is 5.55. The van der Waals surface area contributed by atoms with Crippen LogP contribution in [0, 0.1) is 0 Å². The van der Waals surface area contributed by atoms with E-state index in [1.54, 1.807) is 0 Å². The Kier molecular flexibility index (Phi) is 4.89. The van der Waals surface area contributed by atoms with Crippen molar-refractivity contribution in [2.75, 3.05) is 51.0 Å². The van der Waals surface area contributed by atoms with Gasteiger partial charge in [0.15, 0.2) is 0 Å². The van der Waals surface area contributed by atoms with E-state index in [9.17, 15) is 13.2 Å². The van der Waals surface area contributed by atoms with Crippen LogP contribution in [0.5, 0.6) is 0 Å². The minimum atomic E-state index is -4.40. The van der Waals surface area contributed by atoms with Gasteiger partial charge in [0.05, 0.1) is 18.3 Å². The van der Waals surface area contributed by atoms with E-state index in [4.69, 9.17) is 4.74 Å². The molecule has 2 heterocycles. The summed E-state index contributed by atoms with van der Waals surface area (Å²) in [7, 11) is 3.52. The number of hydrogen-bond acceptors (Lipinski definition) is 5. The van der Waals surface area contributed by atoms with Crippen molar-refractivity contribution in [3.8, 4) is 0 Å². The minimum Gasteiger partial charge on any atom is -0.374 e. The van der Waals surface area contributed by atoms with Crippen LogP contribution in [0.1, 0.15) is 5.56 Å². The van der Waals surface area contributed by atoms with Crippen molar-refractivity contribution in [1.29, 1.82) is 0 Å². The highest BCUT2D eigenvalue weighted by Crippen LogP contribution is 2.31. The lowest BCUT2D eigenvalue weighted by molar-refractivity contribution is -0.137. The monoisotopic (exact) mass is 304 g/mol. The highest BCUT2D eigenvalue weighted by molar-refractivity contribution is 5.49. The fraction of sp³-hybridized carbons (Fsp3) is 0.615. The Morgan fingerprint density at radius 2 is 2.10 bits per heavy atom. The molecule has 1 atom stereocenters. The molecule has 1 aliphatic rings. The minimum absolute atomic E-state index is 0.0573. The second kappa shape index (κ2) is 6.48. The Bertz CT molecular complexity index is 481. The Morgan fingerprint density at radius 1 is 1.38 bits per heavy atom. The van der Waals surface area contributed by atoms with E-state index in [0.29, 0.717) is 13.2 Å². The van der Waals surface area contributed by atoms with Gasteiger partial charge < -0.3 is 20.3 Å². The summed E-state index contributed by atoms with van der Waals surface area (Å²) < 4.78 is 44.0. The average molecular weight is 304 g/mol. The van der Waals surface area contributed by atoms with Crippen LogP contribution in [0.4, 0.5) is 24.8 Å². The number of ether oxygens (including phenoxy) is 1. The lowest BCUT2D eigenvalue weighted by Crippen LogP contribution is -2.43. The van der Waals surface area contributed by atoms with E-state index in [1.807, 2.05) is 7.05 Å². The van der Waals surface area contributed by atoms with Crippen molar-refractivity contribution in [3.63, 3.8) is 0 Å². The van der Waals surface area contributed by atoms with E-state index in [2.05, 4.69) is 20.5 Å². The second-order valence-corrected chi connectivity index (χ2v) is 5.01.